The van der Waals surface area contributed by atoms with Crippen molar-refractivity contribution in [2.45, 2.75) is 13.0 Å². The maximum absolute atomic E-state index is 11.8. The highest BCUT2D eigenvalue weighted by atomic mass is 35.5. The van der Waals surface area contributed by atoms with E-state index in [1.807, 2.05) is 36.4 Å². The van der Waals surface area contributed by atoms with Gasteiger partial charge >= 0.3 is 0 Å². The second-order valence-electron chi connectivity index (χ2n) is 4.28. The zero-order chi connectivity index (χ0) is 13.7. The first-order chi connectivity index (χ1) is 9.15. The Morgan fingerprint density at radius 1 is 1.16 bits per heavy atom. The number of carbonyl (C=O) groups is 1. The summed E-state index contributed by atoms with van der Waals surface area (Å²) >= 11 is 5.88. The molecular formula is C15H15ClN2O. The Hall–Kier alpha value is -2.00. The van der Waals surface area contributed by atoms with Crippen LogP contribution in [-0.4, -0.2) is 5.91 Å². The smallest absolute Gasteiger partial charge is 0.224 e. The van der Waals surface area contributed by atoms with E-state index < -0.39 is 0 Å². The van der Waals surface area contributed by atoms with Crippen LogP contribution in [0.2, 0.25) is 5.02 Å². The molecule has 0 saturated heterocycles. The number of rotatable bonds is 4. The molecule has 0 bridgehead atoms. The van der Waals surface area contributed by atoms with Crippen molar-refractivity contribution in [1.82, 2.24) is 5.32 Å². The van der Waals surface area contributed by atoms with Gasteiger partial charge in [-0.15, -0.1) is 0 Å². The van der Waals surface area contributed by atoms with Crippen LogP contribution in [0.5, 0.6) is 0 Å². The van der Waals surface area contributed by atoms with Crippen LogP contribution in [-0.2, 0) is 17.8 Å². The third-order valence-electron chi connectivity index (χ3n) is 2.78. The molecule has 19 heavy (non-hydrogen) atoms. The van der Waals surface area contributed by atoms with E-state index in [4.69, 9.17) is 17.3 Å². The Balaban J connectivity index is 1.90. The number of nitrogen functional groups attached to an aromatic ring is 1. The topological polar surface area (TPSA) is 55.1 Å². The number of nitrogens with one attached hydrogen (secondary N) is 1. The summed E-state index contributed by atoms with van der Waals surface area (Å²) < 4.78 is 0. The minimum Gasteiger partial charge on any atom is -0.398 e. The van der Waals surface area contributed by atoms with Gasteiger partial charge in [0.25, 0.3) is 0 Å². The second-order valence-corrected chi connectivity index (χ2v) is 4.72. The average molecular weight is 275 g/mol. The number of hydrogen-bond donors (Lipinski definition) is 2. The fourth-order valence-electron chi connectivity index (χ4n) is 1.78. The molecule has 1 amide bonds. The Morgan fingerprint density at radius 3 is 2.68 bits per heavy atom. The molecular weight excluding hydrogens is 260 g/mol. The Kier molecular flexibility index (Phi) is 4.42. The molecule has 0 heterocycles. The van der Waals surface area contributed by atoms with Crippen molar-refractivity contribution >= 4 is 23.2 Å². The normalized spacial score (nSPS) is 10.2. The van der Waals surface area contributed by atoms with Crippen LogP contribution in [0, 0.1) is 0 Å². The van der Waals surface area contributed by atoms with Crippen LogP contribution in [0.25, 0.3) is 0 Å². The Bertz CT molecular complexity index is 584. The molecule has 0 atom stereocenters. The first-order valence-electron chi connectivity index (χ1n) is 5.99. The molecule has 2 rings (SSSR count). The molecule has 3 N–H and O–H groups in total. The Morgan fingerprint density at radius 2 is 1.95 bits per heavy atom. The minimum absolute atomic E-state index is 0.0575. The SMILES string of the molecule is Nc1ccccc1CC(=O)NCc1cccc(Cl)c1. The predicted octanol–water partition coefficient (Wildman–Crippen LogP) is 2.78. The van der Waals surface area contributed by atoms with Gasteiger partial charge in [-0.3, -0.25) is 4.79 Å². The molecule has 0 aliphatic rings. The van der Waals surface area contributed by atoms with Crippen molar-refractivity contribution in [1.29, 1.82) is 0 Å². The molecule has 0 unspecified atom stereocenters. The molecule has 98 valence electrons. The monoisotopic (exact) mass is 274 g/mol. The second kappa shape index (κ2) is 6.25. The van der Waals surface area contributed by atoms with E-state index in [9.17, 15) is 4.79 Å². The summed E-state index contributed by atoms with van der Waals surface area (Å²) in [6, 6.07) is 14.8. The number of hydrogen-bond acceptors (Lipinski definition) is 2. The van der Waals surface area contributed by atoms with Gasteiger partial charge in [-0.2, -0.15) is 0 Å². The first kappa shape index (κ1) is 13.4. The average Bonchev–Trinajstić information content (AvgIpc) is 2.39. The molecule has 3 nitrogen and oxygen atoms in total. The number of benzene rings is 2. The number of para-hydroxylation sites is 1. The van der Waals surface area contributed by atoms with Gasteiger partial charge in [-0.1, -0.05) is 41.9 Å². The van der Waals surface area contributed by atoms with Crippen molar-refractivity contribution in [3.8, 4) is 0 Å². The van der Waals surface area contributed by atoms with Crippen molar-refractivity contribution < 1.29 is 4.79 Å². The predicted molar refractivity (Wildman–Crippen MR) is 77.9 cm³/mol. The number of nitrogens with two attached hydrogens (primary N) is 1. The van der Waals surface area contributed by atoms with Crippen LogP contribution in [0.15, 0.2) is 48.5 Å². The van der Waals surface area contributed by atoms with Crippen molar-refractivity contribution in [2.75, 3.05) is 5.73 Å². The van der Waals surface area contributed by atoms with Crippen LogP contribution in [0.3, 0.4) is 0 Å². The molecule has 0 saturated carbocycles. The molecule has 0 spiro atoms. The van der Waals surface area contributed by atoms with E-state index in [2.05, 4.69) is 5.32 Å². The van der Waals surface area contributed by atoms with E-state index >= 15 is 0 Å². The van der Waals surface area contributed by atoms with Gasteiger partial charge in [0.2, 0.25) is 5.91 Å². The standard InChI is InChI=1S/C15H15ClN2O/c16-13-6-3-4-11(8-13)10-18-15(19)9-12-5-1-2-7-14(12)17/h1-8H,9-10,17H2,(H,18,19). The maximum atomic E-state index is 11.8. The van der Waals surface area contributed by atoms with Crippen molar-refractivity contribution in [3.63, 3.8) is 0 Å². The number of carbonyl (C=O) groups excluding carboxylic acids is 1. The van der Waals surface area contributed by atoms with E-state index in [-0.39, 0.29) is 12.3 Å². The summed E-state index contributed by atoms with van der Waals surface area (Å²) in [6.45, 7) is 0.464. The fourth-order valence-corrected chi connectivity index (χ4v) is 1.99. The van der Waals surface area contributed by atoms with E-state index in [0.29, 0.717) is 17.3 Å². The molecule has 0 radical (unpaired) electrons. The molecule has 0 aliphatic heterocycles. The largest absolute Gasteiger partial charge is 0.398 e. The maximum Gasteiger partial charge on any atom is 0.224 e. The minimum atomic E-state index is -0.0575. The summed E-state index contributed by atoms with van der Waals surface area (Å²) in [5.74, 6) is -0.0575. The molecule has 0 aromatic heterocycles. The summed E-state index contributed by atoms with van der Waals surface area (Å²) in [4.78, 5) is 11.8. The zero-order valence-electron chi connectivity index (χ0n) is 10.4. The molecule has 2 aromatic carbocycles. The summed E-state index contributed by atoms with van der Waals surface area (Å²) in [5.41, 5.74) is 8.25. The van der Waals surface area contributed by atoms with Gasteiger partial charge in [0.05, 0.1) is 6.42 Å². The number of halogens is 1. The third kappa shape index (κ3) is 4.00. The van der Waals surface area contributed by atoms with Crippen LogP contribution >= 0.6 is 11.6 Å². The summed E-state index contributed by atoms with van der Waals surface area (Å²) in [7, 11) is 0. The molecule has 0 aliphatic carbocycles. The Labute approximate surface area is 117 Å². The summed E-state index contributed by atoms with van der Waals surface area (Å²) in [5, 5.41) is 3.51. The first-order valence-corrected chi connectivity index (χ1v) is 6.37. The van der Waals surface area contributed by atoms with E-state index in [1.54, 1.807) is 12.1 Å². The lowest BCUT2D eigenvalue weighted by molar-refractivity contribution is -0.120. The van der Waals surface area contributed by atoms with Crippen molar-refractivity contribution in [2.24, 2.45) is 0 Å². The quantitative estimate of drug-likeness (QED) is 0.843. The van der Waals surface area contributed by atoms with Crippen LogP contribution < -0.4 is 11.1 Å². The van der Waals surface area contributed by atoms with Gasteiger partial charge in [0.1, 0.15) is 0 Å². The number of amides is 1. The van der Waals surface area contributed by atoms with Gasteiger partial charge in [0, 0.05) is 17.3 Å². The third-order valence-corrected chi connectivity index (χ3v) is 3.02. The van der Waals surface area contributed by atoms with Crippen molar-refractivity contribution in [3.05, 3.63) is 64.7 Å². The van der Waals surface area contributed by atoms with Crippen LogP contribution in [0.4, 0.5) is 5.69 Å². The van der Waals surface area contributed by atoms with E-state index in [0.717, 1.165) is 11.1 Å². The highest BCUT2D eigenvalue weighted by Gasteiger charge is 2.05. The molecule has 2 aromatic rings. The van der Waals surface area contributed by atoms with Gasteiger partial charge < -0.3 is 11.1 Å². The molecule has 4 heteroatoms. The summed E-state index contributed by atoms with van der Waals surface area (Å²) in [6.07, 6.45) is 0.285. The lowest BCUT2D eigenvalue weighted by Gasteiger charge is -2.07. The highest BCUT2D eigenvalue weighted by molar-refractivity contribution is 6.30. The lowest BCUT2D eigenvalue weighted by atomic mass is 10.1. The van der Waals surface area contributed by atoms with Gasteiger partial charge in [0.15, 0.2) is 0 Å². The fraction of sp³-hybridized carbons (Fsp3) is 0.133. The number of anilines is 1. The zero-order valence-corrected chi connectivity index (χ0v) is 11.2. The van der Waals surface area contributed by atoms with Crippen LogP contribution in [0.1, 0.15) is 11.1 Å². The van der Waals surface area contributed by atoms with Gasteiger partial charge in [-0.05, 0) is 29.3 Å². The lowest BCUT2D eigenvalue weighted by Crippen LogP contribution is -2.24. The molecule has 0 fully saturated rings. The highest BCUT2D eigenvalue weighted by Crippen LogP contribution is 2.12. The van der Waals surface area contributed by atoms with E-state index in [1.165, 1.54) is 0 Å². The van der Waals surface area contributed by atoms with Gasteiger partial charge in [-0.25, -0.2) is 0 Å².